The fourth-order valence-electron chi connectivity index (χ4n) is 2.92. The molecule has 3 aromatic carbocycles. The number of thioether (sulfide) groups is 1. The molecule has 0 atom stereocenters. The lowest BCUT2D eigenvalue weighted by Crippen LogP contribution is -2.27. The van der Waals surface area contributed by atoms with Gasteiger partial charge in [0.15, 0.2) is 0 Å². The number of carbonyl (C=O) groups is 2. The lowest BCUT2D eigenvalue weighted by atomic mass is 10.1. The summed E-state index contributed by atoms with van der Waals surface area (Å²) in [7, 11) is 0. The molecule has 4 rings (SSSR count). The number of hydrogen-bond donors (Lipinski definition) is 0. The van der Waals surface area contributed by atoms with Crippen LogP contribution in [0.5, 0.6) is 5.75 Å². The number of ether oxygens (including phenoxy) is 1. The summed E-state index contributed by atoms with van der Waals surface area (Å²) in [5, 5.41) is -0.0281. The molecule has 2 amide bonds. The largest absolute Gasteiger partial charge is 0.488 e. The Kier molecular flexibility index (Phi) is 5.69. The molecule has 3 aromatic rings. The van der Waals surface area contributed by atoms with E-state index >= 15 is 0 Å². The van der Waals surface area contributed by atoms with E-state index in [9.17, 15) is 9.59 Å². The Morgan fingerprint density at radius 3 is 2.38 bits per heavy atom. The van der Waals surface area contributed by atoms with Crippen molar-refractivity contribution in [2.75, 3.05) is 4.90 Å². The molecule has 1 fully saturated rings. The second kappa shape index (κ2) is 8.55. The molecule has 6 heteroatoms. The summed E-state index contributed by atoms with van der Waals surface area (Å²) in [6.45, 7) is 0.410. The smallest absolute Gasteiger partial charge is 0.298 e. The van der Waals surface area contributed by atoms with Crippen molar-refractivity contribution >= 4 is 46.3 Å². The third-order valence-electron chi connectivity index (χ3n) is 4.33. The van der Waals surface area contributed by atoms with Crippen LogP contribution in [0.2, 0.25) is 5.02 Å². The maximum absolute atomic E-state index is 12.9. The zero-order valence-corrected chi connectivity index (χ0v) is 16.8. The number of anilines is 1. The molecule has 4 nitrogen and oxygen atoms in total. The predicted molar refractivity (Wildman–Crippen MR) is 117 cm³/mol. The van der Waals surface area contributed by atoms with Crippen molar-refractivity contribution in [3.05, 3.63) is 99.9 Å². The molecule has 0 radical (unpaired) electrons. The first-order valence-corrected chi connectivity index (χ1v) is 10.1. The van der Waals surface area contributed by atoms with Gasteiger partial charge in [0.1, 0.15) is 12.4 Å². The lowest BCUT2D eigenvalue weighted by molar-refractivity contribution is -0.113. The molecular formula is C23H16ClNO3S. The van der Waals surface area contributed by atoms with Crippen molar-refractivity contribution in [3.63, 3.8) is 0 Å². The van der Waals surface area contributed by atoms with Crippen LogP contribution in [0.15, 0.2) is 83.8 Å². The highest BCUT2D eigenvalue weighted by atomic mass is 35.5. The number of para-hydroxylation sites is 2. The average Bonchev–Trinajstić information content (AvgIpc) is 3.01. The molecule has 0 unspecified atom stereocenters. The van der Waals surface area contributed by atoms with Crippen molar-refractivity contribution in [2.45, 2.75) is 6.61 Å². The zero-order valence-electron chi connectivity index (χ0n) is 15.2. The van der Waals surface area contributed by atoms with Crippen LogP contribution in [-0.4, -0.2) is 11.1 Å². The summed E-state index contributed by atoms with van der Waals surface area (Å²) in [6.07, 6.45) is 1.68. The van der Waals surface area contributed by atoms with E-state index in [0.717, 1.165) is 27.8 Å². The maximum atomic E-state index is 12.9. The van der Waals surface area contributed by atoms with Gasteiger partial charge in [-0.15, -0.1) is 0 Å². The maximum Gasteiger partial charge on any atom is 0.298 e. The highest BCUT2D eigenvalue weighted by Crippen LogP contribution is 2.39. The van der Waals surface area contributed by atoms with Gasteiger partial charge < -0.3 is 4.74 Å². The van der Waals surface area contributed by atoms with Crippen molar-refractivity contribution < 1.29 is 14.3 Å². The zero-order chi connectivity index (χ0) is 20.2. The van der Waals surface area contributed by atoms with E-state index in [4.69, 9.17) is 16.3 Å². The Balaban J connectivity index is 1.59. The minimum atomic E-state index is -0.397. The summed E-state index contributed by atoms with van der Waals surface area (Å²) in [5.41, 5.74) is 2.16. The van der Waals surface area contributed by atoms with Crippen LogP contribution in [0.25, 0.3) is 6.08 Å². The van der Waals surface area contributed by atoms with Crippen LogP contribution in [0, 0.1) is 0 Å². The fraction of sp³-hybridized carbons (Fsp3) is 0.0435. The average molecular weight is 422 g/mol. The van der Waals surface area contributed by atoms with Crippen molar-refractivity contribution in [2.24, 2.45) is 0 Å². The molecule has 0 aliphatic carbocycles. The first kappa shape index (κ1) is 19.3. The molecule has 0 bridgehead atoms. The number of carbonyl (C=O) groups excluding carboxylic acids is 2. The second-order valence-electron chi connectivity index (χ2n) is 6.28. The molecule has 0 N–H and O–H groups in total. The lowest BCUT2D eigenvalue weighted by Gasteiger charge is -2.13. The molecule has 1 aliphatic heterocycles. The van der Waals surface area contributed by atoms with E-state index < -0.39 is 5.91 Å². The first-order chi connectivity index (χ1) is 14.1. The molecule has 29 heavy (non-hydrogen) atoms. The summed E-state index contributed by atoms with van der Waals surface area (Å²) >= 11 is 7.06. The standard InChI is InChI=1S/C23H16ClNO3S/c24-18-11-5-6-12-19(18)25-22(26)21(29-23(25)27)14-17-10-4-7-13-20(17)28-15-16-8-2-1-3-9-16/h1-14H,15H2/b21-14-. The third-order valence-corrected chi connectivity index (χ3v) is 5.52. The highest BCUT2D eigenvalue weighted by molar-refractivity contribution is 8.19. The highest BCUT2D eigenvalue weighted by Gasteiger charge is 2.37. The fourth-order valence-corrected chi connectivity index (χ4v) is 3.96. The monoisotopic (exact) mass is 421 g/mol. The van der Waals surface area contributed by atoms with E-state index in [1.807, 2.05) is 54.6 Å². The molecule has 0 saturated carbocycles. The van der Waals surface area contributed by atoms with Gasteiger partial charge in [-0.25, -0.2) is 4.90 Å². The minimum absolute atomic E-state index is 0.325. The SMILES string of the molecule is O=C1S/C(=C\c2ccccc2OCc2ccccc2)C(=O)N1c1ccccc1Cl. The molecule has 1 heterocycles. The summed E-state index contributed by atoms with van der Waals surface area (Å²) in [6, 6.07) is 24.0. The van der Waals surface area contributed by atoms with Gasteiger partial charge in [0, 0.05) is 5.56 Å². The number of amides is 2. The Morgan fingerprint density at radius 2 is 1.59 bits per heavy atom. The Hall–Kier alpha value is -3.02. The molecular weight excluding hydrogens is 406 g/mol. The summed E-state index contributed by atoms with van der Waals surface area (Å²) in [4.78, 5) is 26.8. The normalized spacial score (nSPS) is 15.2. The van der Waals surface area contributed by atoms with Crippen LogP contribution in [0.3, 0.4) is 0 Å². The summed E-state index contributed by atoms with van der Waals surface area (Å²) < 4.78 is 5.94. The van der Waals surface area contributed by atoms with E-state index in [-0.39, 0.29) is 5.24 Å². The van der Waals surface area contributed by atoms with Crippen LogP contribution in [0.4, 0.5) is 10.5 Å². The van der Waals surface area contributed by atoms with Gasteiger partial charge in [0.05, 0.1) is 15.6 Å². The molecule has 1 aliphatic rings. The van der Waals surface area contributed by atoms with Crippen LogP contribution < -0.4 is 9.64 Å². The number of halogens is 1. The van der Waals surface area contributed by atoms with Crippen molar-refractivity contribution in [1.82, 2.24) is 0 Å². The topological polar surface area (TPSA) is 46.6 Å². The van der Waals surface area contributed by atoms with Gasteiger partial charge in [-0.3, -0.25) is 9.59 Å². The third kappa shape index (κ3) is 4.21. The van der Waals surface area contributed by atoms with Crippen LogP contribution >= 0.6 is 23.4 Å². The molecule has 144 valence electrons. The summed E-state index contributed by atoms with van der Waals surface area (Å²) in [5.74, 6) is 0.242. The number of hydrogen-bond acceptors (Lipinski definition) is 4. The quantitative estimate of drug-likeness (QED) is 0.463. The van der Waals surface area contributed by atoms with E-state index in [2.05, 4.69) is 0 Å². The number of nitrogens with zero attached hydrogens (tertiary/aromatic N) is 1. The Bertz CT molecular complexity index is 1100. The van der Waals surface area contributed by atoms with E-state index in [1.165, 1.54) is 0 Å². The van der Waals surface area contributed by atoms with E-state index in [0.29, 0.717) is 28.0 Å². The van der Waals surface area contributed by atoms with Gasteiger partial charge in [-0.05, 0) is 41.6 Å². The van der Waals surface area contributed by atoms with Gasteiger partial charge in [0.25, 0.3) is 11.1 Å². The Labute approximate surface area is 177 Å². The van der Waals surface area contributed by atoms with Crippen molar-refractivity contribution in [3.8, 4) is 5.75 Å². The van der Waals surface area contributed by atoms with Gasteiger partial charge in [-0.2, -0.15) is 0 Å². The van der Waals surface area contributed by atoms with Crippen LogP contribution in [0.1, 0.15) is 11.1 Å². The van der Waals surface area contributed by atoms with E-state index in [1.54, 1.807) is 30.3 Å². The van der Waals surface area contributed by atoms with Crippen LogP contribution in [-0.2, 0) is 11.4 Å². The van der Waals surface area contributed by atoms with Crippen molar-refractivity contribution in [1.29, 1.82) is 0 Å². The van der Waals surface area contributed by atoms with Gasteiger partial charge in [0.2, 0.25) is 0 Å². The first-order valence-electron chi connectivity index (χ1n) is 8.92. The molecule has 0 aromatic heterocycles. The predicted octanol–water partition coefficient (Wildman–Crippen LogP) is 6.16. The van der Waals surface area contributed by atoms with Gasteiger partial charge in [-0.1, -0.05) is 72.3 Å². The Morgan fingerprint density at radius 1 is 0.897 bits per heavy atom. The molecule has 1 saturated heterocycles. The second-order valence-corrected chi connectivity index (χ2v) is 7.68. The van der Waals surface area contributed by atoms with Gasteiger partial charge >= 0.3 is 0 Å². The molecule has 0 spiro atoms. The number of benzene rings is 3. The number of rotatable bonds is 5. The minimum Gasteiger partial charge on any atom is -0.488 e. The number of imide groups is 1.